The van der Waals surface area contributed by atoms with Crippen LogP contribution in [0.2, 0.25) is 5.02 Å². The number of ether oxygens (including phenoxy) is 1. The van der Waals surface area contributed by atoms with Crippen LogP contribution in [-0.4, -0.2) is 54.6 Å². The Hall–Kier alpha value is -1.30. The quantitative estimate of drug-likeness (QED) is 0.837. The van der Waals surface area contributed by atoms with Gasteiger partial charge in [0, 0.05) is 62.1 Å². The molecule has 0 aromatic heterocycles. The van der Waals surface area contributed by atoms with Crippen LogP contribution < -0.4 is 5.73 Å². The Bertz CT molecular complexity index is 631. The second kappa shape index (κ2) is 7.94. The number of benzene rings is 1. The number of amides is 1. The van der Waals surface area contributed by atoms with Gasteiger partial charge in [0.05, 0.1) is 0 Å². The van der Waals surface area contributed by atoms with Crippen molar-refractivity contribution < 1.29 is 9.53 Å². The first-order chi connectivity index (χ1) is 12.0. The Morgan fingerprint density at radius 2 is 2.04 bits per heavy atom. The number of carbonyl (C=O) groups excluding carboxylic acids is 1. The van der Waals surface area contributed by atoms with Gasteiger partial charge in [0.2, 0.25) is 5.91 Å². The van der Waals surface area contributed by atoms with Crippen LogP contribution in [0.25, 0.3) is 0 Å². The summed E-state index contributed by atoms with van der Waals surface area (Å²) in [5.74, 6) is 0.441. The fourth-order valence-electron chi connectivity index (χ4n) is 3.85. The fraction of sp³-hybridized carbons (Fsp3) is 0.632. The van der Waals surface area contributed by atoms with Gasteiger partial charge in [-0.15, -0.1) is 0 Å². The molecule has 2 N–H and O–H groups in total. The smallest absolute Gasteiger partial charge is 0.226 e. The maximum atomic E-state index is 12.8. The van der Waals surface area contributed by atoms with Gasteiger partial charge in [-0.05, 0) is 49.9 Å². The summed E-state index contributed by atoms with van der Waals surface area (Å²) < 4.78 is 5.38. The molecule has 25 heavy (non-hydrogen) atoms. The lowest BCUT2D eigenvalue weighted by atomic mass is 9.97. The summed E-state index contributed by atoms with van der Waals surface area (Å²) in [5, 5.41) is 0.680. The minimum atomic E-state index is 0.137. The lowest BCUT2D eigenvalue weighted by Crippen LogP contribution is -2.55. The van der Waals surface area contributed by atoms with Crippen LogP contribution in [0.3, 0.4) is 0 Å². The van der Waals surface area contributed by atoms with Gasteiger partial charge < -0.3 is 15.4 Å². The molecule has 0 bridgehead atoms. The van der Waals surface area contributed by atoms with E-state index < -0.39 is 0 Å². The van der Waals surface area contributed by atoms with E-state index in [1.54, 1.807) is 6.07 Å². The summed E-state index contributed by atoms with van der Waals surface area (Å²) in [4.78, 5) is 17.2. The molecule has 3 rings (SSSR count). The number of nitrogen functional groups attached to an aromatic ring is 1. The van der Waals surface area contributed by atoms with Gasteiger partial charge in [0.15, 0.2) is 0 Å². The van der Waals surface area contributed by atoms with Crippen LogP contribution in [0.1, 0.15) is 30.9 Å². The number of hydrogen-bond acceptors (Lipinski definition) is 4. The third-order valence-corrected chi connectivity index (χ3v) is 5.70. The van der Waals surface area contributed by atoms with Crippen LogP contribution in [-0.2, 0) is 16.1 Å². The third-order valence-electron chi connectivity index (χ3n) is 5.48. The first-order valence-electron chi connectivity index (χ1n) is 9.10. The van der Waals surface area contributed by atoms with Gasteiger partial charge in [0.25, 0.3) is 0 Å². The number of rotatable bonds is 3. The molecule has 0 aliphatic carbocycles. The minimum absolute atomic E-state index is 0.137. The predicted octanol–water partition coefficient (Wildman–Crippen LogP) is 2.69. The number of halogens is 1. The van der Waals surface area contributed by atoms with Crippen molar-refractivity contribution in [3.8, 4) is 0 Å². The maximum Gasteiger partial charge on any atom is 0.226 e. The van der Waals surface area contributed by atoms with Gasteiger partial charge in [-0.25, -0.2) is 0 Å². The van der Waals surface area contributed by atoms with Crippen molar-refractivity contribution in [3.63, 3.8) is 0 Å². The lowest BCUT2D eigenvalue weighted by Gasteiger charge is -2.42. The molecule has 0 spiro atoms. The van der Waals surface area contributed by atoms with Crippen LogP contribution in [0.4, 0.5) is 5.69 Å². The van der Waals surface area contributed by atoms with E-state index in [1.165, 1.54) is 5.56 Å². The Kier molecular flexibility index (Phi) is 5.87. The van der Waals surface area contributed by atoms with Crippen LogP contribution >= 0.6 is 11.6 Å². The number of hydrogen-bond donors (Lipinski definition) is 1. The SMILES string of the molecule is Cc1c(N)cc(Cl)cc1CN1CCN(C(=O)C2CCOCC2)[C@@H](C)C1. The van der Waals surface area contributed by atoms with E-state index in [0.717, 1.165) is 50.3 Å². The molecule has 2 heterocycles. The van der Waals surface area contributed by atoms with Gasteiger partial charge >= 0.3 is 0 Å². The fourth-order valence-corrected chi connectivity index (χ4v) is 4.10. The zero-order chi connectivity index (χ0) is 18.0. The summed E-state index contributed by atoms with van der Waals surface area (Å²) in [5.41, 5.74) is 9.04. The molecule has 2 aliphatic rings. The van der Waals surface area contributed by atoms with Gasteiger partial charge in [-0.3, -0.25) is 9.69 Å². The van der Waals surface area contributed by atoms with Crippen LogP contribution in [0, 0.1) is 12.8 Å². The highest BCUT2D eigenvalue weighted by molar-refractivity contribution is 6.31. The topological polar surface area (TPSA) is 58.8 Å². The second-order valence-corrected chi connectivity index (χ2v) is 7.72. The summed E-state index contributed by atoms with van der Waals surface area (Å²) >= 11 is 6.16. The summed E-state index contributed by atoms with van der Waals surface area (Å²) in [7, 11) is 0. The standard InChI is InChI=1S/C19H28ClN3O2/c1-13-11-22(12-16-9-17(20)10-18(21)14(16)2)5-6-23(13)19(24)15-3-7-25-8-4-15/h9-10,13,15H,3-8,11-12,21H2,1-2H3/t13-/m0/s1. The molecule has 2 aliphatic heterocycles. The number of nitrogens with two attached hydrogens (primary N) is 1. The lowest BCUT2D eigenvalue weighted by molar-refractivity contribution is -0.143. The molecule has 2 fully saturated rings. The van der Waals surface area contributed by atoms with Gasteiger partial charge in [0.1, 0.15) is 0 Å². The van der Waals surface area contributed by atoms with Crippen molar-refractivity contribution in [1.82, 2.24) is 9.80 Å². The minimum Gasteiger partial charge on any atom is -0.398 e. The highest BCUT2D eigenvalue weighted by Crippen LogP contribution is 2.25. The monoisotopic (exact) mass is 365 g/mol. The van der Waals surface area contributed by atoms with E-state index >= 15 is 0 Å². The van der Waals surface area contributed by atoms with Crippen LogP contribution in [0.15, 0.2) is 12.1 Å². The first-order valence-corrected chi connectivity index (χ1v) is 9.48. The van der Waals surface area contributed by atoms with E-state index in [2.05, 4.69) is 16.7 Å². The summed E-state index contributed by atoms with van der Waals surface area (Å²) in [6.07, 6.45) is 1.71. The van der Waals surface area contributed by atoms with Crippen molar-refractivity contribution in [2.24, 2.45) is 5.92 Å². The van der Waals surface area contributed by atoms with E-state index in [0.29, 0.717) is 24.1 Å². The summed E-state index contributed by atoms with van der Waals surface area (Å²) in [6, 6.07) is 4.02. The largest absolute Gasteiger partial charge is 0.398 e. The molecule has 5 nitrogen and oxygen atoms in total. The van der Waals surface area contributed by atoms with E-state index in [9.17, 15) is 4.79 Å². The average Bonchev–Trinajstić information content (AvgIpc) is 2.59. The van der Waals surface area contributed by atoms with Crippen molar-refractivity contribution in [2.75, 3.05) is 38.6 Å². The molecule has 0 saturated carbocycles. The molecule has 0 unspecified atom stereocenters. The Morgan fingerprint density at radius 3 is 2.72 bits per heavy atom. The number of anilines is 1. The van der Waals surface area contributed by atoms with E-state index in [4.69, 9.17) is 22.1 Å². The number of piperazine rings is 1. The Labute approximate surface area is 155 Å². The normalized spacial score (nSPS) is 23.0. The molecule has 1 atom stereocenters. The van der Waals surface area contributed by atoms with E-state index in [-0.39, 0.29) is 12.0 Å². The van der Waals surface area contributed by atoms with Crippen molar-refractivity contribution in [1.29, 1.82) is 0 Å². The Morgan fingerprint density at radius 1 is 1.32 bits per heavy atom. The number of carbonyl (C=O) groups is 1. The number of nitrogens with zero attached hydrogens (tertiary/aromatic N) is 2. The third kappa shape index (κ3) is 4.27. The predicted molar refractivity (Wildman–Crippen MR) is 101 cm³/mol. The summed E-state index contributed by atoms with van der Waals surface area (Å²) in [6.45, 7) is 8.96. The molecule has 1 aromatic carbocycles. The second-order valence-electron chi connectivity index (χ2n) is 7.28. The zero-order valence-corrected chi connectivity index (χ0v) is 15.9. The molecule has 1 aromatic rings. The van der Waals surface area contributed by atoms with Crippen molar-refractivity contribution >= 4 is 23.2 Å². The molecule has 0 radical (unpaired) electrons. The zero-order valence-electron chi connectivity index (χ0n) is 15.1. The molecule has 6 heteroatoms. The van der Waals surface area contributed by atoms with Gasteiger partial charge in [-0.2, -0.15) is 0 Å². The molecular weight excluding hydrogens is 338 g/mol. The first kappa shape index (κ1) is 18.5. The van der Waals surface area contributed by atoms with Crippen molar-refractivity contribution in [3.05, 3.63) is 28.3 Å². The highest BCUT2D eigenvalue weighted by atomic mass is 35.5. The van der Waals surface area contributed by atoms with E-state index in [1.807, 2.05) is 13.0 Å². The van der Waals surface area contributed by atoms with Gasteiger partial charge in [-0.1, -0.05) is 11.6 Å². The van der Waals surface area contributed by atoms with Crippen LogP contribution in [0.5, 0.6) is 0 Å². The molecule has 138 valence electrons. The molecule has 1 amide bonds. The molecule has 2 saturated heterocycles. The highest BCUT2D eigenvalue weighted by Gasteiger charge is 2.32. The average molecular weight is 366 g/mol. The van der Waals surface area contributed by atoms with Crippen molar-refractivity contribution in [2.45, 2.75) is 39.3 Å². The maximum absolute atomic E-state index is 12.8. The Balaban J connectivity index is 1.61. The molecular formula is C19H28ClN3O2.